The molecule has 0 radical (unpaired) electrons. The van der Waals surface area contributed by atoms with Crippen LogP contribution in [0.1, 0.15) is 16.1 Å². The number of aromatic nitrogens is 1. The number of hydrogen-bond acceptors (Lipinski definition) is 4. The minimum Gasteiger partial charge on any atom is -0.336 e. The van der Waals surface area contributed by atoms with E-state index in [4.69, 9.17) is 5.84 Å². The van der Waals surface area contributed by atoms with Gasteiger partial charge in [-0.2, -0.15) is 0 Å². The van der Waals surface area contributed by atoms with Crippen molar-refractivity contribution in [3.63, 3.8) is 0 Å². The van der Waals surface area contributed by atoms with Crippen molar-refractivity contribution >= 4 is 11.6 Å². The molecule has 2 rings (SSSR count). The smallest absolute Gasteiger partial charge is 0.272 e. The third-order valence-corrected chi connectivity index (χ3v) is 2.86. The molecule has 104 valence electrons. The third-order valence-electron chi connectivity index (χ3n) is 2.86. The highest BCUT2D eigenvalue weighted by Gasteiger charge is 2.15. The monoisotopic (exact) mass is 274 g/mol. The van der Waals surface area contributed by atoms with Crippen molar-refractivity contribution in [3.8, 4) is 0 Å². The van der Waals surface area contributed by atoms with Gasteiger partial charge in [0.25, 0.3) is 5.91 Å². The zero-order valence-corrected chi connectivity index (χ0v) is 11.0. The van der Waals surface area contributed by atoms with Crippen LogP contribution < -0.4 is 11.3 Å². The minimum absolute atomic E-state index is 0.174. The van der Waals surface area contributed by atoms with Crippen LogP contribution in [0.25, 0.3) is 0 Å². The summed E-state index contributed by atoms with van der Waals surface area (Å²) in [5, 5.41) is 0. The van der Waals surface area contributed by atoms with Gasteiger partial charge in [-0.05, 0) is 18.2 Å². The molecule has 0 aliphatic carbocycles. The van der Waals surface area contributed by atoms with Gasteiger partial charge in [-0.3, -0.25) is 15.6 Å². The Labute approximate surface area is 116 Å². The molecule has 2 aromatic rings. The quantitative estimate of drug-likeness (QED) is 0.658. The number of amides is 1. The fraction of sp³-hybridized carbons (Fsp3) is 0.143. The Bertz CT molecular complexity index is 618. The summed E-state index contributed by atoms with van der Waals surface area (Å²) in [7, 11) is 1.60. The van der Waals surface area contributed by atoms with Crippen LogP contribution in [0.5, 0.6) is 0 Å². The second-order valence-corrected chi connectivity index (χ2v) is 4.33. The van der Waals surface area contributed by atoms with E-state index in [2.05, 4.69) is 10.4 Å². The molecule has 6 heteroatoms. The Hall–Kier alpha value is -2.47. The Morgan fingerprint density at radius 2 is 2.15 bits per heavy atom. The van der Waals surface area contributed by atoms with Crippen LogP contribution in [-0.4, -0.2) is 22.8 Å². The molecule has 1 heterocycles. The van der Waals surface area contributed by atoms with Crippen LogP contribution >= 0.6 is 0 Å². The molecule has 0 saturated heterocycles. The number of nitrogens with two attached hydrogens (primary N) is 1. The van der Waals surface area contributed by atoms with Gasteiger partial charge in [0.2, 0.25) is 0 Å². The van der Waals surface area contributed by atoms with Gasteiger partial charge in [0.15, 0.2) is 0 Å². The van der Waals surface area contributed by atoms with Gasteiger partial charge < -0.3 is 10.3 Å². The highest BCUT2D eigenvalue weighted by Crippen LogP contribution is 2.12. The van der Waals surface area contributed by atoms with Crippen molar-refractivity contribution < 1.29 is 9.18 Å². The van der Waals surface area contributed by atoms with Gasteiger partial charge >= 0.3 is 0 Å². The maximum Gasteiger partial charge on any atom is 0.272 e. The number of carbonyl (C=O) groups excluding carboxylic acids is 1. The number of carbonyl (C=O) groups is 1. The molecule has 0 fully saturated rings. The first-order valence-electron chi connectivity index (χ1n) is 6.03. The second kappa shape index (κ2) is 6.12. The summed E-state index contributed by atoms with van der Waals surface area (Å²) in [6, 6.07) is 9.54. The summed E-state index contributed by atoms with van der Waals surface area (Å²) in [6.07, 6.45) is 1.49. The van der Waals surface area contributed by atoms with Crippen LogP contribution in [0, 0.1) is 5.82 Å². The van der Waals surface area contributed by atoms with Crippen LogP contribution in [0.2, 0.25) is 0 Å². The van der Waals surface area contributed by atoms with E-state index in [1.54, 1.807) is 37.4 Å². The average Bonchev–Trinajstić information content (AvgIpc) is 2.48. The molecular weight excluding hydrogens is 259 g/mol. The summed E-state index contributed by atoms with van der Waals surface area (Å²) in [6.45, 7) is 0.174. The lowest BCUT2D eigenvalue weighted by Crippen LogP contribution is -2.27. The lowest BCUT2D eigenvalue weighted by Gasteiger charge is -2.17. The third kappa shape index (κ3) is 3.10. The molecule has 20 heavy (non-hydrogen) atoms. The van der Waals surface area contributed by atoms with Crippen molar-refractivity contribution in [1.82, 2.24) is 9.88 Å². The molecule has 0 atom stereocenters. The number of hydrogen-bond donors (Lipinski definition) is 2. The van der Waals surface area contributed by atoms with Gasteiger partial charge in [-0.15, -0.1) is 0 Å². The first-order valence-corrected chi connectivity index (χ1v) is 6.03. The fourth-order valence-electron chi connectivity index (χ4n) is 1.79. The Balaban J connectivity index is 2.14. The summed E-state index contributed by atoms with van der Waals surface area (Å²) in [4.78, 5) is 17.6. The SMILES string of the molecule is CN(Cc1ccccc1F)C(=O)c1cc(NN)ccn1. The van der Waals surface area contributed by atoms with Gasteiger partial charge in [0, 0.05) is 25.4 Å². The Morgan fingerprint density at radius 3 is 2.85 bits per heavy atom. The number of pyridine rings is 1. The predicted octanol–water partition coefficient (Wildman–Crippen LogP) is 1.78. The van der Waals surface area contributed by atoms with Gasteiger partial charge in [0.1, 0.15) is 11.5 Å². The molecule has 0 aliphatic rings. The molecular formula is C14H15FN4O. The topological polar surface area (TPSA) is 71.2 Å². The normalized spacial score (nSPS) is 10.2. The molecule has 3 N–H and O–H groups in total. The Morgan fingerprint density at radius 1 is 1.40 bits per heavy atom. The van der Waals surface area contributed by atoms with E-state index in [0.29, 0.717) is 11.3 Å². The zero-order valence-electron chi connectivity index (χ0n) is 11.0. The number of benzene rings is 1. The van der Waals surface area contributed by atoms with Crippen molar-refractivity contribution in [2.45, 2.75) is 6.54 Å². The number of nitrogen functional groups attached to an aromatic ring is 1. The van der Waals surface area contributed by atoms with E-state index >= 15 is 0 Å². The lowest BCUT2D eigenvalue weighted by atomic mass is 10.2. The number of nitrogens with zero attached hydrogens (tertiary/aromatic N) is 2. The van der Waals surface area contributed by atoms with Crippen molar-refractivity contribution in [2.75, 3.05) is 12.5 Å². The van der Waals surface area contributed by atoms with Crippen molar-refractivity contribution in [1.29, 1.82) is 0 Å². The number of hydrazine groups is 1. The number of nitrogens with one attached hydrogen (secondary N) is 1. The van der Waals surface area contributed by atoms with Gasteiger partial charge in [-0.25, -0.2) is 4.39 Å². The largest absolute Gasteiger partial charge is 0.336 e. The van der Waals surface area contributed by atoms with E-state index in [9.17, 15) is 9.18 Å². The van der Waals surface area contributed by atoms with E-state index in [1.165, 1.54) is 17.2 Å². The molecule has 0 saturated carbocycles. The van der Waals surface area contributed by atoms with E-state index in [-0.39, 0.29) is 24.0 Å². The van der Waals surface area contributed by atoms with Gasteiger partial charge in [0.05, 0.1) is 5.69 Å². The highest BCUT2D eigenvalue weighted by molar-refractivity contribution is 5.92. The minimum atomic E-state index is -0.336. The Kier molecular flexibility index (Phi) is 4.27. The van der Waals surface area contributed by atoms with Crippen LogP contribution in [-0.2, 0) is 6.54 Å². The van der Waals surface area contributed by atoms with Crippen molar-refractivity contribution in [2.24, 2.45) is 5.84 Å². The van der Waals surface area contributed by atoms with Gasteiger partial charge in [-0.1, -0.05) is 18.2 Å². The second-order valence-electron chi connectivity index (χ2n) is 4.33. The maximum absolute atomic E-state index is 13.6. The first-order chi connectivity index (χ1) is 9.61. The lowest BCUT2D eigenvalue weighted by molar-refractivity contribution is 0.0778. The zero-order chi connectivity index (χ0) is 14.5. The van der Waals surface area contributed by atoms with Crippen molar-refractivity contribution in [3.05, 3.63) is 59.7 Å². The van der Waals surface area contributed by atoms with E-state index in [0.717, 1.165) is 0 Å². The molecule has 0 bridgehead atoms. The predicted molar refractivity (Wildman–Crippen MR) is 74.2 cm³/mol. The fourth-order valence-corrected chi connectivity index (χ4v) is 1.79. The molecule has 0 spiro atoms. The van der Waals surface area contributed by atoms with Crippen LogP contribution in [0.3, 0.4) is 0 Å². The highest BCUT2D eigenvalue weighted by atomic mass is 19.1. The molecule has 1 amide bonds. The van der Waals surface area contributed by atoms with Crippen LogP contribution in [0.15, 0.2) is 42.6 Å². The summed E-state index contributed by atoms with van der Waals surface area (Å²) in [5.74, 6) is 4.65. The van der Waals surface area contributed by atoms with E-state index < -0.39 is 0 Å². The first kappa shape index (κ1) is 14.0. The number of halogens is 1. The summed E-state index contributed by atoms with van der Waals surface area (Å²) in [5.41, 5.74) is 3.74. The molecule has 1 aromatic heterocycles. The standard InChI is InChI=1S/C14H15FN4O/c1-19(9-10-4-2-3-5-12(10)15)14(20)13-8-11(18-16)6-7-17-13/h2-8H,9,16H2,1H3,(H,17,18). The molecule has 5 nitrogen and oxygen atoms in total. The molecule has 0 aliphatic heterocycles. The van der Waals surface area contributed by atoms with E-state index in [1.807, 2.05) is 0 Å². The summed E-state index contributed by atoms with van der Waals surface area (Å²) < 4.78 is 13.6. The van der Waals surface area contributed by atoms with Crippen LogP contribution in [0.4, 0.5) is 10.1 Å². The summed E-state index contributed by atoms with van der Waals surface area (Å²) >= 11 is 0. The maximum atomic E-state index is 13.6. The number of anilines is 1. The number of rotatable bonds is 4. The average molecular weight is 274 g/mol. The molecule has 1 aromatic carbocycles. The molecule has 0 unspecified atom stereocenters.